The van der Waals surface area contributed by atoms with E-state index in [1.807, 2.05) is 0 Å². The van der Waals surface area contributed by atoms with Gasteiger partial charge in [-0.3, -0.25) is 14.6 Å². The van der Waals surface area contributed by atoms with Gasteiger partial charge in [0.25, 0.3) is 0 Å². The molecule has 0 atom stereocenters. The zero-order chi connectivity index (χ0) is 11.6. The lowest BCUT2D eigenvalue weighted by Gasteiger charge is -2.37. The summed E-state index contributed by atoms with van der Waals surface area (Å²) in [7, 11) is 1.32. The maximum absolute atomic E-state index is 12.2. The zero-order valence-corrected chi connectivity index (χ0v) is 9.10. The number of methoxy groups -OCH3 is 1. The predicted octanol–water partition coefficient (Wildman–Crippen LogP) is 1.61. The third-order valence-electron chi connectivity index (χ3n) is 3.16. The fraction of sp³-hybridized carbons (Fsp3) is 0.417. The molecule has 16 heavy (non-hydrogen) atoms. The molecule has 1 saturated carbocycles. The van der Waals surface area contributed by atoms with Gasteiger partial charge < -0.3 is 4.74 Å². The largest absolute Gasteiger partial charge is 0.468 e. The zero-order valence-electron chi connectivity index (χ0n) is 9.10. The number of ether oxygens (including phenoxy) is 1. The number of carbonyl (C=O) groups is 2. The first-order valence-corrected chi connectivity index (χ1v) is 5.24. The van der Waals surface area contributed by atoms with Crippen LogP contribution in [0.2, 0.25) is 0 Å². The number of esters is 1. The van der Waals surface area contributed by atoms with Gasteiger partial charge in [0.05, 0.1) is 7.11 Å². The van der Waals surface area contributed by atoms with Crippen LogP contribution in [0.3, 0.4) is 0 Å². The van der Waals surface area contributed by atoms with E-state index in [-0.39, 0.29) is 5.78 Å². The molecule has 0 aromatic carbocycles. The van der Waals surface area contributed by atoms with Crippen LogP contribution in [-0.2, 0) is 9.53 Å². The minimum absolute atomic E-state index is 0.145. The van der Waals surface area contributed by atoms with Crippen molar-refractivity contribution < 1.29 is 14.3 Å². The Morgan fingerprint density at radius 3 is 2.38 bits per heavy atom. The van der Waals surface area contributed by atoms with Crippen LogP contribution >= 0.6 is 0 Å². The predicted molar refractivity (Wildman–Crippen MR) is 56.9 cm³/mol. The van der Waals surface area contributed by atoms with Crippen molar-refractivity contribution in [3.63, 3.8) is 0 Å². The van der Waals surface area contributed by atoms with Gasteiger partial charge in [-0.05, 0) is 25.0 Å². The molecule has 4 heteroatoms. The highest BCUT2D eigenvalue weighted by Crippen LogP contribution is 2.44. The molecule has 0 radical (unpaired) electrons. The first kappa shape index (κ1) is 10.8. The minimum Gasteiger partial charge on any atom is -0.468 e. The van der Waals surface area contributed by atoms with Crippen LogP contribution in [0, 0.1) is 5.41 Å². The molecule has 4 nitrogen and oxygen atoms in total. The number of Topliss-reactive ketones (excluding diaryl/α,β-unsaturated/α-hetero) is 1. The number of pyridine rings is 1. The summed E-state index contributed by atoms with van der Waals surface area (Å²) in [5.74, 6) is -0.562. The summed E-state index contributed by atoms with van der Waals surface area (Å²) >= 11 is 0. The van der Waals surface area contributed by atoms with Crippen molar-refractivity contribution in [3.8, 4) is 0 Å². The van der Waals surface area contributed by atoms with Gasteiger partial charge in [0, 0.05) is 18.0 Å². The van der Waals surface area contributed by atoms with Crippen molar-refractivity contribution in [1.29, 1.82) is 0 Å². The summed E-state index contributed by atoms with van der Waals surface area (Å²) in [6.07, 6.45) is 5.17. The maximum Gasteiger partial charge on any atom is 0.319 e. The highest BCUT2D eigenvalue weighted by molar-refractivity contribution is 6.13. The Morgan fingerprint density at radius 1 is 1.31 bits per heavy atom. The van der Waals surface area contributed by atoms with E-state index in [2.05, 4.69) is 4.98 Å². The van der Waals surface area contributed by atoms with Crippen LogP contribution in [0.5, 0.6) is 0 Å². The molecule has 0 saturated heterocycles. The number of ketones is 1. The van der Waals surface area contributed by atoms with Gasteiger partial charge in [0.2, 0.25) is 0 Å². The highest BCUT2D eigenvalue weighted by atomic mass is 16.5. The molecule has 1 aliphatic carbocycles. The van der Waals surface area contributed by atoms with Crippen LogP contribution in [0.25, 0.3) is 0 Å². The lowest BCUT2D eigenvalue weighted by Crippen LogP contribution is -2.45. The molecule has 0 amide bonds. The molecule has 0 bridgehead atoms. The summed E-state index contributed by atoms with van der Waals surface area (Å²) in [5, 5.41) is 0. The molecule has 0 aliphatic heterocycles. The average Bonchev–Trinajstić information content (AvgIpc) is 2.28. The summed E-state index contributed by atoms with van der Waals surface area (Å²) in [5.41, 5.74) is -0.407. The van der Waals surface area contributed by atoms with Crippen LogP contribution < -0.4 is 0 Å². The lowest BCUT2D eigenvalue weighted by molar-refractivity contribution is -0.153. The van der Waals surface area contributed by atoms with Crippen molar-refractivity contribution in [3.05, 3.63) is 30.1 Å². The summed E-state index contributed by atoms with van der Waals surface area (Å²) in [6, 6.07) is 3.26. The normalized spacial score (nSPS) is 17.3. The number of carbonyl (C=O) groups excluding carboxylic acids is 2. The van der Waals surface area contributed by atoms with Crippen molar-refractivity contribution in [2.24, 2.45) is 5.41 Å². The van der Waals surface area contributed by atoms with Gasteiger partial charge in [-0.15, -0.1) is 0 Å². The fourth-order valence-electron chi connectivity index (χ4n) is 2.03. The van der Waals surface area contributed by atoms with E-state index in [1.165, 1.54) is 7.11 Å². The molecule has 1 aromatic rings. The standard InChI is InChI=1S/C12H13NO3/c1-16-11(15)12(5-2-6-12)10(14)9-3-7-13-8-4-9/h3-4,7-8H,2,5-6H2,1H3. The molecule has 1 fully saturated rings. The second kappa shape index (κ2) is 4.04. The van der Waals surface area contributed by atoms with E-state index in [4.69, 9.17) is 4.74 Å². The van der Waals surface area contributed by atoms with Crippen molar-refractivity contribution in [1.82, 2.24) is 4.98 Å². The second-order valence-corrected chi connectivity index (χ2v) is 3.99. The Hall–Kier alpha value is -1.71. The Morgan fingerprint density at radius 2 is 1.94 bits per heavy atom. The average molecular weight is 219 g/mol. The first-order valence-electron chi connectivity index (χ1n) is 5.24. The number of aromatic nitrogens is 1. The third-order valence-corrected chi connectivity index (χ3v) is 3.16. The van der Waals surface area contributed by atoms with E-state index < -0.39 is 11.4 Å². The topological polar surface area (TPSA) is 56.3 Å². The quantitative estimate of drug-likeness (QED) is 0.440. The Bertz CT molecular complexity index is 410. The number of nitrogens with zero attached hydrogens (tertiary/aromatic N) is 1. The number of hydrogen-bond donors (Lipinski definition) is 0. The molecular formula is C12H13NO3. The van der Waals surface area contributed by atoms with Crippen molar-refractivity contribution in [2.75, 3.05) is 7.11 Å². The van der Waals surface area contributed by atoms with E-state index in [9.17, 15) is 9.59 Å². The summed E-state index contributed by atoms with van der Waals surface area (Å²) < 4.78 is 4.72. The molecule has 1 aromatic heterocycles. The van der Waals surface area contributed by atoms with E-state index in [0.29, 0.717) is 18.4 Å². The van der Waals surface area contributed by atoms with Gasteiger partial charge in [0.15, 0.2) is 5.78 Å². The molecular weight excluding hydrogens is 206 g/mol. The summed E-state index contributed by atoms with van der Waals surface area (Å²) in [4.78, 5) is 27.7. The van der Waals surface area contributed by atoms with Gasteiger partial charge in [-0.25, -0.2) is 0 Å². The molecule has 1 aliphatic rings. The molecule has 1 heterocycles. The first-order chi connectivity index (χ1) is 7.70. The number of hydrogen-bond acceptors (Lipinski definition) is 4. The molecule has 0 spiro atoms. The Balaban J connectivity index is 2.30. The van der Waals surface area contributed by atoms with Gasteiger partial charge in [-0.1, -0.05) is 6.42 Å². The minimum atomic E-state index is -0.934. The lowest BCUT2D eigenvalue weighted by atomic mass is 9.64. The van der Waals surface area contributed by atoms with Crippen LogP contribution in [-0.4, -0.2) is 23.8 Å². The van der Waals surface area contributed by atoms with Gasteiger partial charge in [-0.2, -0.15) is 0 Å². The third kappa shape index (κ3) is 1.50. The smallest absolute Gasteiger partial charge is 0.319 e. The van der Waals surface area contributed by atoms with Crippen LogP contribution in [0.4, 0.5) is 0 Å². The highest BCUT2D eigenvalue weighted by Gasteiger charge is 2.51. The van der Waals surface area contributed by atoms with E-state index in [0.717, 1.165) is 6.42 Å². The fourth-order valence-corrected chi connectivity index (χ4v) is 2.03. The van der Waals surface area contributed by atoms with Gasteiger partial charge in [0.1, 0.15) is 5.41 Å². The van der Waals surface area contributed by atoms with Crippen molar-refractivity contribution in [2.45, 2.75) is 19.3 Å². The maximum atomic E-state index is 12.2. The Labute approximate surface area is 93.6 Å². The van der Waals surface area contributed by atoms with Crippen molar-refractivity contribution >= 4 is 11.8 Å². The monoisotopic (exact) mass is 219 g/mol. The van der Waals surface area contributed by atoms with Crippen LogP contribution in [0.15, 0.2) is 24.5 Å². The molecule has 84 valence electrons. The molecule has 2 rings (SSSR count). The summed E-state index contributed by atoms with van der Waals surface area (Å²) in [6.45, 7) is 0. The molecule has 0 N–H and O–H groups in total. The van der Waals surface area contributed by atoms with Gasteiger partial charge >= 0.3 is 5.97 Å². The van der Waals surface area contributed by atoms with E-state index >= 15 is 0 Å². The SMILES string of the molecule is COC(=O)C1(C(=O)c2ccncc2)CCC1. The second-order valence-electron chi connectivity index (χ2n) is 3.99. The van der Waals surface area contributed by atoms with Crippen LogP contribution in [0.1, 0.15) is 29.6 Å². The Kier molecular flexibility index (Phi) is 2.73. The molecule has 0 unspecified atom stereocenters. The van der Waals surface area contributed by atoms with E-state index in [1.54, 1.807) is 24.5 Å². The number of rotatable bonds is 3.